The molecule has 3 aromatic rings. The van der Waals surface area contributed by atoms with E-state index < -0.39 is 15.8 Å². The van der Waals surface area contributed by atoms with Crippen LogP contribution >= 0.6 is 0 Å². The lowest BCUT2D eigenvalue weighted by Crippen LogP contribution is -2.33. The molecule has 0 radical (unpaired) electrons. The average Bonchev–Trinajstić information content (AvgIpc) is 2.76. The number of aryl methyl sites for hydroxylation is 1. The summed E-state index contributed by atoms with van der Waals surface area (Å²) < 4.78 is 38.8. The van der Waals surface area contributed by atoms with Crippen molar-refractivity contribution in [1.29, 1.82) is 0 Å². The SMILES string of the molecule is Cc1ccc([C@@H](NC(=O)CCCN(c2ccc(F)cc2)S(C)(=O)=O)c2ccccc2)cc1. The lowest BCUT2D eigenvalue weighted by atomic mass is 9.97. The lowest BCUT2D eigenvalue weighted by molar-refractivity contribution is -0.121. The molecule has 1 N–H and O–H groups in total. The maximum atomic E-state index is 13.2. The fourth-order valence-electron chi connectivity index (χ4n) is 3.47. The standard InChI is InChI=1S/C25H27FN2O3S/c1-19-10-12-21(13-11-19)25(20-7-4-3-5-8-20)27-24(29)9-6-18-28(32(2,30)31)23-16-14-22(26)15-17-23/h3-5,7-8,10-17,25H,6,9,18H2,1-2H3,(H,27,29)/t25-/m0/s1. The van der Waals surface area contributed by atoms with E-state index in [0.29, 0.717) is 12.1 Å². The van der Waals surface area contributed by atoms with Crippen LogP contribution in [-0.4, -0.2) is 27.1 Å². The van der Waals surface area contributed by atoms with E-state index >= 15 is 0 Å². The second kappa shape index (κ2) is 10.4. The normalized spacial score (nSPS) is 12.2. The minimum absolute atomic E-state index is 0.123. The zero-order valence-electron chi connectivity index (χ0n) is 18.2. The first-order chi connectivity index (χ1) is 15.2. The minimum atomic E-state index is -3.56. The molecule has 0 unspecified atom stereocenters. The first-order valence-electron chi connectivity index (χ1n) is 10.4. The summed E-state index contributed by atoms with van der Waals surface area (Å²) in [7, 11) is -3.56. The number of halogens is 1. The summed E-state index contributed by atoms with van der Waals surface area (Å²) in [5.41, 5.74) is 3.44. The third-order valence-electron chi connectivity index (χ3n) is 5.13. The molecule has 5 nitrogen and oxygen atoms in total. The Bertz CT molecular complexity index is 1130. The third kappa shape index (κ3) is 6.40. The van der Waals surface area contributed by atoms with Crippen molar-refractivity contribution in [3.63, 3.8) is 0 Å². The van der Waals surface area contributed by atoms with E-state index in [-0.39, 0.29) is 24.9 Å². The number of hydrogen-bond donors (Lipinski definition) is 1. The van der Waals surface area contributed by atoms with Crippen LogP contribution in [0.25, 0.3) is 0 Å². The summed E-state index contributed by atoms with van der Waals surface area (Å²) in [6, 6.07) is 22.7. The van der Waals surface area contributed by atoms with Crippen molar-refractivity contribution in [3.8, 4) is 0 Å². The highest BCUT2D eigenvalue weighted by molar-refractivity contribution is 7.92. The van der Waals surface area contributed by atoms with E-state index in [2.05, 4.69) is 5.32 Å². The number of nitrogens with one attached hydrogen (secondary N) is 1. The Morgan fingerprint density at radius 2 is 1.53 bits per heavy atom. The number of carbonyl (C=O) groups excluding carboxylic acids is 1. The van der Waals surface area contributed by atoms with Crippen molar-refractivity contribution in [2.75, 3.05) is 17.1 Å². The molecule has 0 aliphatic heterocycles. The van der Waals surface area contributed by atoms with Gasteiger partial charge in [-0.25, -0.2) is 12.8 Å². The second-order valence-corrected chi connectivity index (χ2v) is 9.64. The molecule has 3 aromatic carbocycles. The molecule has 1 atom stereocenters. The number of nitrogens with zero attached hydrogens (tertiary/aromatic N) is 1. The summed E-state index contributed by atoms with van der Waals surface area (Å²) in [5.74, 6) is -0.614. The molecule has 3 rings (SSSR count). The average molecular weight is 455 g/mol. The maximum absolute atomic E-state index is 13.2. The summed E-state index contributed by atoms with van der Waals surface area (Å²) in [4.78, 5) is 12.8. The number of anilines is 1. The fourth-order valence-corrected chi connectivity index (χ4v) is 4.44. The van der Waals surface area contributed by atoms with Crippen LogP contribution in [0.15, 0.2) is 78.9 Å². The quantitative estimate of drug-likeness (QED) is 0.514. The molecule has 168 valence electrons. The largest absolute Gasteiger partial charge is 0.345 e. The summed E-state index contributed by atoms with van der Waals surface area (Å²) in [5, 5.41) is 3.07. The molecule has 0 saturated carbocycles. The van der Waals surface area contributed by atoms with Gasteiger partial charge in [-0.05, 0) is 48.7 Å². The van der Waals surface area contributed by atoms with Crippen LogP contribution in [0.2, 0.25) is 0 Å². The van der Waals surface area contributed by atoms with Gasteiger partial charge in [0.1, 0.15) is 5.82 Å². The highest BCUT2D eigenvalue weighted by Gasteiger charge is 2.20. The lowest BCUT2D eigenvalue weighted by Gasteiger charge is -2.23. The van der Waals surface area contributed by atoms with Gasteiger partial charge in [-0.1, -0.05) is 60.2 Å². The minimum Gasteiger partial charge on any atom is -0.345 e. The van der Waals surface area contributed by atoms with Gasteiger partial charge in [0.15, 0.2) is 0 Å². The number of rotatable bonds is 9. The molecule has 0 aliphatic carbocycles. The highest BCUT2D eigenvalue weighted by Crippen LogP contribution is 2.23. The van der Waals surface area contributed by atoms with Gasteiger partial charge in [-0.3, -0.25) is 9.10 Å². The maximum Gasteiger partial charge on any atom is 0.232 e. The number of carbonyl (C=O) groups is 1. The monoisotopic (exact) mass is 454 g/mol. The summed E-state index contributed by atoms with van der Waals surface area (Å²) >= 11 is 0. The smallest absolute Gasteiger partial charge is 0.232 e. The van der Waals surface area contributed by atoms with Crippen molar-refractivity contribution in [1.82, 2.24) is 5.32 Å². The topological polar surface area (TPSA) is 66.5 Å². The van der Waals surface area contributed by atoms with E-state index in [4.69, 9.17) is 0 Å². The Hall–Kier alpha value is -3.19. The Morgan fingerprint density at radius 3 is 2.12 bits per heavy atom. The van der Waals surface area contributed by atoms with E-state index in [1.807, 2.05) is 61.5 Å². The zero-order chi connectivity index (χ0) is 23.1. The van der Waals surface area contributed by atoms with Crippen molar-refractivity contribution >= 4 is 21.6 Å². The molecule has 0 aliphatic rings. The summed E-state index contributed by atoms with van der Waals surface area (Å²) in [6.45, 7) is 2.13. The second-order valence-electron chi connectivity index (χ2n) is 7.74. The number of benzene rings is 3. The van der Waals surface area contributed by atoms with E-state index in [1.54, 1.807) is 0 Å². The molecule has 0 aromatic heterocycles. The first kappa shape index (κ1) is 23.5. The van der Waals surface area contributed by atoms with E-state index in [9.17, 15) is 17.6 Å². The van der Waals surface area contributed by atoms with Gasteiger partial charge < -0.3 is 5.32 Å². The van der Waals surface area contributed by atoms with Gasteiger partial charge in [0.05, 0.1) is 18.0 Å². The molecule has 1 amide bonds. The third-order valence-corrected chi connectivity index (χ3v) is 6.32. The van der Waals surface area contributed by atoms with Gasteiger partial charge in [-0.15, -0.1) is 0 Å². The predicted octanol–water partition coefficient (Wildman–Crippen LogP) is 4.59. The summed E-state index contributed by atoms with van der Waals surface area (Å²) in [6.07, 6.45) is 1.58. The van der Waals surface area contributed by atoms with Gasteiger partial charge in [0.2, 0.25) is 15.9 Å². The van der Waals surface area contributed by atoms with Crippen molar-refractivity contribution < 1.29 is 17.6 Å². The molecular formula is C25H27FN2O3S. The fraction of sp³-hybridized carbons (Fsp3) is 0.240. The van der Waals surface area contributed by atoms with Gasteiger partial charge in [0, 0.05) is 13.0 Å². The zero-order valence-corrected chi connectivity index (χ0v) is 19.0. The highest BCUT2D eigenvalue weighted by atomic mass is 32.2. The molecule has 0 heterocycles. The van der Waals surface area contributed by atoms with Crippen LogP contribution in [0.4, 0.5) is 10.1 Å². The Kier molecular flexibility index (Phi) is 7.64. The van der Waals surface area contributed by atoms with Gasteiger partial charge >= 0.3 is 0 Å². The van der Waals surface area contributed by atoms with Crippen LogP contribution in [0.5, 0.6) is 0 Å². The Labute approximate surface area is 188 Å². The van der Waals surface area contributed by atoms with Crippen molar-refractivity contribution in [3.05, 3.63) is 101 Å². The molecule has 0 bridgehead atoms. The number of hydrogen-bond acceptors (Lipinski definition) is 3. The number of amides is 1. The molecular weight excluding hydrogens is 427 g/mol. The van der Waals surface area contributed by atoms with Crippen LogP contribution in [-0.2, 0) is 14.8 Å². The Morgan fingerprint density at radius 1 is 0.938 bits per heavy atom. The first-order valence-corrected chi connectivity index (χ1v) is 12.2. The van der Waals surface area contributed by atoms with E-state index in [1.165, 1.54) is 28.6 Å². The van der Waals surface area contributed by atoms with Crippen molar-refractivity contribution in [2.45, 2.75) is 25.8 Å². The molecule has 32 heavy (non-hydrogen) atoms. The van der Waals surface area contributed by atoms with Crippen LogP contribution in [0.3, 0.4) is 0 Å². The van der Waals surface area contributed by atoms with Gasteiger partial charge in [0.25, 0.3) is 0 Å². The predicted molar refractivity (Wildman–Crippen MR) is 125 cm³/mol. The van der Waals surface area contributed by atoms with Crippen molar-refractivity contribution in [2.24, 2.45) is 0 Å². The van der Waals surface area contributed by atoms with Crippen LogP contribution < -0.4 is 9.62 Å². The molecule has 0 fully saturated rings. The molecule has 0 saturated heterocycles. The van der Waals surface area contributed by atoms with E-state index in [0.717, 1.165) is 22.9 Å². The molecule has 7 heteroatoms. The van der Waals surface area contributed by atoms with Gasteiger partial charge in [-0.2, -0.15) is 0 Å². The van der Waals surface area contributed by atoms with Crippen LogP contribution in [0.1, 0.15) is 35.6 Å². The van der Waals surface area contributed by atoms with Crippen LogP contribution in [0, 0.1) is 12.7 Å². The Balaban J connectivity index is 1.68. The molecule has 0 spiro atoms. The number of sulfonamides is 1.